The van der Waals surface area contributed by atoms with Crippen LogP contribution >= 0.6 is 0 Å². The second-order valence-electron chi connectivity index (χ2n) is 5.38. The molecule has 4 aromatic rings. The number of hydrogen-bond acceptors (Lipinski definition) is 7. The molecule has 124 valence electrons. The van der Waals surface area contributed by atoms with Gasteiger partial charge in [-0.2, -0.15) is 4.98 Å². The summed E-state index contributed by atoms with van der Waals surface area (Å²) in [4.78, 5) is 15.6. The Morgan fingerprint density at radius 2 is 1.96 bits per heavy atom. The number of fused-ring (bicyclic) bond motifs is 1. The maximum Gasteiger partial charge on any atom is 0.273 e. The summed E-state index contributed by atoms with van der Waals surface area (Å²) in [5.41, 5.74) is 11.7. The fourth-order valence-corrected chi connectivity index (χ4v) is 2.59. The Bertz CT molecular complexity index is 1080. The van der Waals surface area contributed by atoms with E-state index in [1.165, 1.54) is 4.68 Å². The molecule has 0 atom stereocenters. The molecule has 2 aromatic heterocycles. The monoisotopic (exact) mass is 335 g/mol. The van der Waals surface area contributed by atoms with Crippen molar-refractivity contribution in [3.05, 3.63) is 54.0 Å². The molecule has 0 aliphatic rings. The molecule has 0 fully saturated rings. The fraction of sp³-hybridized carbons (Fsp3) is 0.0625. The predicted octanol–water partition coefficient (Wildman–Crippen LogP) is 1.21. The van der Waals surface area contributed by atoms with E-state index in [1.807, 2.05) is 42.5 Å². The molecule has 9 nitrogen and oxygen atoms in total. The van der Waals surface area contributed by atoms with Crippen molar-refractivity contribution >= 4 is 22.5 Å². The summed E-state index contributed by atoms with van der Waals surface area (Å²) in [7, 11) is 0. The van der Waals surface area contributed by atoms with E-state index in [2.05, 4.69) is 20.5 Å². The van der Waals surface area contributed by atoms with Gasteiger partial charge < -0.3 is 16.0 Å². The van der Waals surface area contributed by atoms with Gasteiger partial charge in [-0.05, 0) is 10.8 Å². The number of nitrogens with two attached hydrogens (primary N) is 2. The summed E-state index contributed by atoms with van der Waals surface area (Å²) in [6.07, 6.45) is 0. The molecule has 0 radical (unpaired) electrons. The molecule has 4 N–H and O–H groups in total. The summed E-state index contributed by atoms with van der Waals surface area (Å²) in [5.74, 6) is 0.0549. The second-order valence-corrected chi connectivity index (χ2v) is 5.38. The number of rotatable bonds is 4. The van der Waals surface area contributed by atoms with Gasteiger partial charge in [-0.15, -0.1) is 5.10 Å². The summed E-state index contributed by atoms with van der Waals surface area (Å²) < 4.78 is 6.55. The molecule has 1 amide bonds. The molecule has 0 saturated heterocycles. The molecular weight excluding hydrogens is 322 g/mol. The van der Waals surface area contributed by atoms with Crippen LogP contribution in [0.1, 0.15) is 16.4 Å². The lowest BCUT2D eigenvalue weighted by Gasteiger charge is -2.01. The molecule has 0 saturated carbocycles. The Hall–Kier alpha value is -3.75. The van der Waals surface area contributed by atoms with Crippen molar-refractivity contribution in [2.24, 2.45) is 5.73 Å². The highest BCUT2D eigenvalue weighted by Gasteiger charge is 2.17. The molecule has 2 heterocycles. The molecule has 4 rings (SSSR count). The van der Waals surface area contributed by atoms with E-state index in [0.29, 0.717) is 5.82 Å². The standard InChI is InChI=1S/C16H13N7O2/c17-14-13(15(18)24)20-22-23(14)8-12-19-16(21-25-12)11-7-3-5-9-4-1-2-6-10(9)11/h1-7H,8,17H2,(H2,18,24). The Kier molecular flexibility index (Phi) is 3.38. The van der Waals surface area contributed by atoms with Crippen LogP contribution in [0.3, 0.4) is 0 Å². The number of nitrogens with zero attached hydrogens (tertiary/aromatic N) is 5. The number of carbonyl (C=O) groups excluding carboxylic acids is 1. The van der Waals surface area contributed by atoms with Crippen molar-refractivity contribution in [2.45, 2.75) is 6.54 Å². The zero-order chi connectivity index (χ0) is 17.4. The lowest BCUT2D eigenvalue weighted by Crippen LogP contribution is -2.15. The van der Waals surface area contributed by atoms with Gasteiger partial charge in [0.25, 0.3) is 5.91 Å². The van der Waals surface area contributed by atoms with E-state index < -0.39 is 5.91 Å². The average Bonchev–Trinajstić information content (AvgIpc) is 3.22. The first-order valence-electron chi connectivity index (χ1n) is 7.43. The van der Waals surface area contributed by atoms with Crippen molar-refractivity contribution < 1.29 is 9.32 Å². The number of aromatic nitrogens is 5. The normalized spacial score (nSPS) is 11.0. The highest BCUT2D eigenvalue weighted by atomic mass is 16.5. The number of anilines is 1. The number of primary amides is 1. The Morgan fingerprint density at radius 3 is 2.76 bits per heavy atom. The van der Waals surface area contributed by atoms with E-state index >= 15 is 0 Å². The van der Waals surface area contributed by atoms with Crippen molar-refractivity contribution in [3.63, 3.8) is 0 Å². The van der Waals surface area contributed by atoms with Crippen LogP contribution in [0.5, 0.6) is 0 Å². The minimum atomic E-state index is -0.745. The van der Waals surface area contributed by atoms with Gasteiger partial charge in [0.1, 0.15) is 6.54 Å². The van der Waals surface area contributed by atoms with E-state index in [4.69, 9.17) is 16.0 Å². The minimum absolute atomic E-state index is 0.0532. The Balaban J connectivity index is 1.67. The molecule has 0 bridgehead atoms. The Labute approximate surface area is 141 Å². The summed E-state index contributed by atoms with van der Waals surface area (Å²) in [6.45, 7) is 0.0872. The minimum Gasteiger partial charge on any atom is -0.382 e. The zero-order valence-corrected chi connectivity index (χ0v) is 13.0. The molecule has 0 aliphatic carbocycles. The fourth-order valence-electron chi connectivity index (χ4n) is 2.59. The molecule has 25 heavy (non-hydrogen) atoms. The first-order chi connectivity index (χ1) is 12.1. The number of benzene rings is 2. The first kappa shape index (κ1) is 14.8. The summed E-state index contributed by atoms with van der Waals surface area (Å²) in [5, 5.41) is 13.5. The molecular formula is C16H13N7O2. The van der Waals surface area contributed by atoms with Crippen LogP contribution in [-0.4, -0.2) is 31.0 Å². The van der Waals surface area contributed by atoms with Gasteiger partial charge >= 0.3 is 0 Å². The van der Waals surface area contributed by atoms with Crippen LogP contribution in [0.25, 0.3) is 22.2 Å². The third-order valence-corrected chi connectivity index (χ3v) is 3.79. The smallest absolute Gasteiger partial charge is 0.273 e. The Morgan fingerprint density at radius 1 is 1.16 bits per heavy atom. The van der Waals surface area contributed by atoms with E-state index in [1.54, 1.807) is 0 Å². The topological polar surface area (TPSA) is 139 Å². The highest BCUT2D eigenvalue weighted by Crippen LogP contribution is 2.26. The molecule has 0 unspecified atom stereocenters. The van der Waals surface area contributed by atoms with Gasteiger partial charge in [0.05, 0.1) is 0 Å². The third-order valence-electron chi connectivity index (χ3n) is 3.79. The van der Waals surface area contributed by atoms with Gasteiger partial charge in [0, 0.05) is 5.56 Å². The first-order valence-corrected chi connectivity index (χ1v) is 7.43. The number of nitrogen functional groups attached to an aromatic ring is 1. The van der Waals surface area contributed by atoms with Crippen LogP contribution in [-0.2, 0) is 6.54 Å². The van der Waals surface area contributed by atoms with Gasteiger partial charge in [-0.25, -0.2) is 4.68 Å². The number of amides is 1. The molecule has 0 spiro atoms. The van der Waals surface area contributed by atoms with Crippen molar-refractivity contribution in [3.8, 4) is 11.4 Å². The van der Waals surface area contributed by atoms with Crippen molar-refractivity contribution in [1.82, 2.24) is 25.1 Å². The maximum atomic E-state index is 11.2. The van der Waals surface area contributed by atoms with Crippen LogP contribution in [0.2, 0.25) is 0 Å². The zero-order valence-electron chi connectivity index (χ0n) is 13.0. The van der Waals surface area contributed by atoms with E-state index in [0.717, 1.165) is 16.3 Å². The van der Waals surface area contributed by atoms with Crippen LogP contribution in [0.15, 0.2) is 47.0 Å². The van der Waals surface area contributed by atoms with E-state index in [9.17, 15) is 4.79 Å². The van der Waals surface area contributed by atoms with Gasteiger partial charge in [0.15, 0.2) is 11.5 Å². The van der Waals surface area contributed by atoms with Crippen LogP contribution in [0.4, 0.5) is 5.82 Å². The highest BCUT2D eigenvalue weighted by molar-refractivity contribution is 5.95. The largest absolute Gasteiger partial charge is 0.382 e. The third kappa shape index (κ3) is 2.57. The van der Waals surface area contributed by atoms with E-state index in [-0.39, 0.29) is 23.9 Å². The van der Waals surface area contributed by atoms with Crippen LogP contribution < -0.4 is 11.5 Å². The predicted molar refractivity (Wildman–Crippen MR) is 89.3 cm³/mol. The maximum absolute atomic E-state index is 11.2. The van der Waals surface area contributed by atoms with Gasteiger partial charge in [-0.3, -0.25) is 4.79 Å². The van der Waals surface area contributed by atoms with Crippen LogP contribution in [0, 0.1) is 0 Å². The number of carbonyl (C=O) groups is 1. The molecule has 9 heteroatoms. The number of hydrogen-bond donors (Lipinski definition) is 2. The van der Waals surface area contributed by atoms with Gasteiger partial charge in [-0.1, -0.05) is 52.8 Å². The van der Waals surface area contributed by atoms with Crippen molar-refractivity contribution in [2.75, 3.05) is 5.73 Å². The molecule has 0 aliphatic heterocycles. The lowest BCUT2D eigenvalue weighted by atomic mass is 10.0. The van der Waals surface area contributed by atoms with Gasteiger partial charge in [0.2, 0.25) is 11.7 Å². The molecule has 2 aromatic carbocycles. The lowest BCUT2D eigenvalue weighted by molar-refractivity contribution is 0.0996. The quantitative estimate of drug-likeness (QED) is 0.571. The van der Waals surface area contributed by atoms with Crippen molar-refractivity contribution in [1.29, 1.82) is 0 Å². The average molecular weight is 335 g/mol. The SMILES string of the molecule is NC(=O)c1nnn(Cc2nc(-c3cccc4ccccc34)no2)c1N. The summed E-state index contributed by atoms with van der Waals surface area (Å²) >= 11 is 0. The second kappa shape index (κ2) is 5.71. The summed E-state index contributed by atoms with van der Waals surface area (Å²) in [6, 6.07) is 13.8.